The zero-order valence-corrected chi connectivity index (χ0v) is 13.1. The first-order valence-electron chi connectivity index (χ1n) is 7.05. The lowest BCUT2D eigenvalue weighted by Crippen LogP contribution is -2.52. The second-order valence-corrected chi connectivity index (χ2v) is 6.01. The number of hydrogen-bond acceptors (Lipinski definition) is 4. The van der Waals surface area contributed by atoms with Crippen LogP contribution in [0.1, 0.15) is 32.6 Å². The van der Waals surface area contributed by atoms with E-state index in [-0.39, 0.29) is 5.91 Å². The highest BCUT2D eigenvalue weighted by atomic mass is 32.2. The molecule has 2 N–H and O–H groups in total. The number of nitrogens with zero attached hydrogens (tertiary/aromatic N) is 1. The van der Waals surface area contributed by atoms with Crippen molar-refractivity contribution in [2.24, 2.45) is 0 Å². The minimum absolute atomic E-state index is 0.173. The molecule has 0 aromatic carbocycles. The molecule has 22 heavy (non-hydrogen) atoms. The highest BCUT2D eigenvalue weighted by molar-refractivity contribution is 7.99. The molecule has 0 aliphatic carbocycles. The van der Waals surface area contributed by atoms with Gasteiger partial charge in [-0.05, 0) is 6.42 Å². The summed E-state index contributed by atoms with van der Waals surface area (Å²) in [6, 6.07) is -2.44. The maximum atomic E-state index is 12.3. The van der Waals surface area contributed by atoms with E-state index in [2.05, 4.69) is 5.32 Å². The lowest BCUT2D eigenvalue weighted by molar-refractivity contribution is -0.144. The van der Waals surface area contributed by atoms with Crippen molar-refractivity contribution < 1.29 is 28.3 Å². The molecule has 0 aromatic heterocycles. The summed E-state index contributed by atoms with van der Waals surface area (Å²) in [5.74, 6) is -1.68. The molecular weight excluding hydrogens is 318 g/mol. The quantitative estimate of drug-likeness (QED) is 0.697. The molecule has 0 bridgehead atoms. The summed E-state index contributed by atoms with van der Waals surface area (Å²) in [5, 5.41) is 11.0. The zero-order valence-electron chi connectivity index (χ0n) is 12.3. The third kappa shape index (κ3) is 5.43. The Bertz CT molecular complexity index is 423. The number of carboxylic acids is 1. The van der Waals surface area contributed by atoms with Crippen LogP contribution in [-0.4, -0.2) is 57.9 Å². The second kappa shape index (κ2) is 8.92. The van der Waals surface area contributed by atoms with Crippen LogP contribution < -0.4 is 5.32 Å². The monoisotopic (exact) mass is 338 g/mol. The number of rotatable bonds is 8. The van der Waals surface area contributed by atoms with Gasteiger partial charge in [-0.15, -0.1) is 11.8 Å². The minimum Gasteiger partial charge on any atom is -0.480 e. The van der Waals surface area contributed by atoms with E-state index in [9.17, 15) is 23.2 Å². The van der Waals surface area contributed by atoms with Gasteiger partial charge >= 0.3 is 5.97 Å². The number of nitrogens with one attached hydrogen (secondary N) is 1. The Kier molecular flexibility index (Phi) is 7.57. The molecule has 0 radical (unpaired) electrons. The number of carbonyl (C=O) groups is 3. The number of halogens is 2. The first-order chi connectivity index (χ1) is 10.4. The Balaban J connectivity index is 2.65. The Morgan fingerprint density at radius 3 is 2.64 bits per heavy atom. The first-order valence-corrected chi connectivity index (χ1v) is 8.20. The standard InChI is InChI=1S/C13H20F2N2O4S/c1-2-3-4-11(18)17-7-22-6-9(17)12(19)16-8(13(20)21)5-10(14)15/h8-10H,2-7H2,1H3,(H,16,19)(H,20,21). The maximum Gasteiger partial charge on any atom is 0.326 e. The number of thioether (sulfide) groups is 1. The number of carbonyl (C=O) groups excluding carboxylic acids is 2. The van der Waals surface area contributed by atoms with Crippen molar-refractivity contribution in [1.82, 2.24) is 10.2 Å². The van der Waals surface area contributed by atoms with Gasteiger partial charge in [-0.1, -0.05) is 13.3 Å². The van der Waals surface area contributed by atoms with Gasteiger partial charge in [-0.3, -0.25) is 9.59 Å². The fourth-order valence-corrected chi connectivity index (χ4v) is 3.23. The summed E-state index contributed by atoms with van der Waals surface area (Å²) in [6.07, 6.45) is -1.91. The molecule has 0 aromatic rings. The lowest BCUT2D eigenvalue weighted by atomic mass is 10.1. The summed E-state index contributed by atoms with van der Waals surface area (Å²) < 4.78 is 24.7. The van der Waals surface area contributed by atoms with Crippen molar-refractivity contribution >= 4 is 29.5 Å². The zero-order chi connectivity index (χ0) is 16.7. The van der Waals surface area contributed by atoms with Crippen molar-refractivity contribution in [3.63, 3.8) is 0 Å². The lowest BCUT2D eigenvalue weighted by Gasteiger charge is -2.24. The molecule has 126 valence electrons. The van der Waals surface area contributed by atoms with Gasteiger partial charge in [-0.25, -0.2) is 13.6 Å². The second-order valence-electron chi connectivity index (χ2n) is 5.01. The Morgan fingerprint density at radius 2 is 2.09 bits per heavy atom. The Hall–Kier alpha value is -1.38. The van der Waals surface area contributed by atoms with Gasteiger partial charge < -0.3 is 15.3 Å². The predicted molar refractivity (Wildman–Crippen MR) is 77.7 cm³/mol. The molecule has 1 aliphatic rings. The van der Waals surface area contributed by atoms with Crippen LogP contribution in [0.15, 0.2) is 0 Å². The van der Waals surface area contributed by atoms with E-state index >= 15 is 0 Å². The van der Waals surface area contributed by atoms with Crippen LogP contribution in [0.5, 0.6) is 0 Å². The van der Waals surface area contributed by atoms with Crippen LogP contribution in [0.25, 0.3) is 0 Å². The summed E-state index contributed by atoms with van der Waals surface area (Å²) in [6.45, 7) is 1.94. The molecule has 9 heteroatoms. The number of carboxylic acid groups (broad SMARTS) is 1. The smallest absolute Gasteiger partial charge is 0.326 e. The SMILES string of the molecule is CCCCC(=O)N1CSCC1C(=O)NC(CC(F)F)C(=O)O. The molecule has 1 fully saturated rings. The van der Waals surface area contributed by atoms with Crippen LogP contribution in [0.3, 0.4) is 0 Å². The van der Waals surface area contributed by atoms with E-state index in [1.807, 2.05) is 6.92 Å². The number of hydrogen-bond donors (Lipinski definition) is 2. The highest BCUT2D eigenvalue weighted by Gasteiger charge is 2.36. The van der Waals surface area contributed by atoms with Gasteiger partial charge in [0, 0.05) is 18.6 Å². The molecule has 1 rings (SSSR count). The van der Waals surface area contributed by atoms with E-state index in [0.717, 1.165) is 6.42 Å². The normalized spacial score (nSPS) is 19.3. The Morgan fingerprint density at radius 1 is 1.41 bits per heavy atom. The van der Waals surface area contributed by atoms with Gasteiger partial charge in [0.2, 0.25) is 18.2 Å². The summed E-state index contributed by atoms with van der Waals surface area (Å²) in [5.41, 5.74) is 0. The topological polar surface area (TPSA) is 86.7 Å². The summed E-state index contributed by atoms with van der Waals surface area (Å²) in [7, 11) is 0. The molecular formula is C13H20F2N2O4S. The molecule has 1 saturated heterocycles. The minimum atomic E-state index is -2.83. The molecule has 1 aliphatic heterocycles. The van der Waals surface area contributed by atoms with E-state index in [0.29, 0.717) is 24.5 Å². The van der Waals surface area contributed by atoms with Gasteiger partial charge in [0.05, 0.1) is 5.88 Å². The fourth-order valence-electron chi connectivity index (χ4n) is 2.04. The first kappa shape index (κ1) is 18.7. The van der Waals surface area contributed by atoms with E-state index in [1.165, 1.54) is 16.7 Å². The van der Waals surface area contributed by atoms with Gasteiger partial charge in [-0.2, -0.15) is 0 Å². The fraction of sp³-hybridized carbons (Fsp3) is 0.769. The van der Waals surface area contributed by atoms with Crippen LogP contribution >= 0.6 is 11.8 Å². The summed E-state index contributed by atoms with van der Waals surface area (Å²) >= 11 is 1.38. The number of unbranched alkanes of at least 4 members (excludes halogenated alkanes) is 1. The van der Waals surface area contributed by atoms with Crippen LogP contribution in [0.4, 0.5) is 8.78 Å². The van der Waals surface area contributed by atoms with Crippen molar-refractivity contribution in [3.05, 3.63) is 0 Å². The van der Waals surface area contributed by atoms with Crippen LogP contribution in [-0.2, 0) is 14.4 Å². The van der Waals surface area contributed by atoms with E-state index < -0.39 is 36.8 Å². The molecule has 2 amide bonds. The third-order valence-corrected chi connectivity index (χ3v) is 4.29. The van der Waals surface area contributed by atoms with Gasteiger partial charge in [0.25, 0.3) is 0 Å². The third-order valence-electron chi connectivity index (χ3n) is 3.28. The molecule has 2 unspecified atom stereocenters. The predicted octanol–water partition coefficient (Wildman–Crippen LogP) is 1.30. The average Bonchev–Trinajstić information content (AvgIpc) is 2.92. The number of alkyl halides is 2. The van der Waals surface area contributed by atoms with Crippen molar-refractivity contribution in [1.29, 1.82) is 0 Å². The van der Waals surface area contributed by atoms with Gasteiger partial charge in [0.1, 0.15) is 12.1 Å². The van der Waals surface area contributed by atoms with E-state index in [1.54, 1.807) is 0 Å². The molecule has 0 spiro atoms. The van der Waals surface area contributed by atoms with Crippen LogP contribution in [0, 0.1) is 0 Å². The number of amides is 2. The Labute approximate surface area is 131 Å². The highest BCUT2D eigenvalue weighted by Crippen LogP contribution is 2.22. The average molecular weight is 338 g/mol. The molecule has 0 saturated carbocycles. The van der Waals surface area contributed by atoms with E-state index in [4.69, 9.17) is 5.11 Å². The number of aliphatic carboxylic acids is 1. The van der Waals surface area contributed by atoms with Crippen molar-refractivity contribution in [3.8, 4) is 0 Å². The molecule has 1 heterocycles. The van der Waals surface area contributed by atoms with Crippen molar-refractivity contribution in [2.75, 3.05) is 11.6 Å². The molecule has 6 nitrogen and oxygen atoms in total. The summed E-state index contributed by atoms with van der Waals surface area (Å²) in [4.78, 5) is 36.4. The largest absolute Gasteiger partial charge is 0.480 e. The molecule has 2 atom stereocenters. The maximum absolute atomic E-state index is 12.3. The van der Waals surface area contributed by atoms with Gasteiger partial charge in [0.15, 0.2) is 0 Å². The van der Waals surface area contributed by atoms with Crippen molar-refractivity contribution in [2.45, 2.75) is 51.1 Å². The van der Waals surface area contributed by atoms with Crippen LogP contribution in [0.2, 0.25) is 0 Å².